The summed E-state index contributed by atoms with van der Waals surface area (Å²) in [5, 5.41) is 6.72. The van der Waals surface area contributed by atoms with Crippen molar-refractivity contribution in [2.75, 3.05) is 6.54 Å². The van der Waals surface area contributed by atoms with Crippen molar-refractivity contribution in [2.24, 2.45) is 5.92 Å². The maximum absolute atomic E-state index is 4.73. The van der Waals surface area contributed by atoms with E-state index in [1.54, 1.807) is 11.3 Å². The van der Waals surface area contributed by atoms with E-state index in [4.69, 9.17) is 4.98 Å². The molecule has 0 aromatic carbocycles. The summed E-state index contributed by atoms with van der Waals surface area (Å²) in [5.74, 6) is 0.665. The van der Waals surface area contributed by atoms with Gasteiger partial charge in [0.2, 0.25) is 0 Å². The van der Waals surface area contributed by atoms with Crippen LogP contribution in [0.1, 0.15) is 51.0 Å². The minimum Gasteiger partial charge on any atom is -0.330 e. The molecule has 1 N–H and O–H groups in total. The van der Waals surface area contributed by atoms with E-state index >= 15 is 0 Å². The van der Waals surface area contributed by atoms with E-state index in [2.05, 4.69) is 61.1 Å². The van der Waals surface area contributed by atoms with Gasteiger partial charge in [0.1, 0.15) is 5.01 Å². The van der Waals surface area contributed by atoms with E-state index in [-0.39, 0.29) is 5.41 Å². The van der Waals surface area contributed by atoms with Crippen LogP contribution in [0.5, 0.6) is 0 Å². The minimum absolute atomic E-state index is 0.121. The zero-order valence-electron chi connectivity index (χ0n) is 13.7. The molecule has 0 saturated heterocycles. The van der Waals surface area contributed by atoms with Crippen molar-refractivity contribution in [3.05, 3.63) is 34.3 Å². The number of hydrogen-bond donors (Lipinski definition) is 1. The second kappa shape index (κ2) is 6.71. The predicted octanol–water partition coefficient (Wildman–Crippen LogP) is 3.43. The summed E-state index contributed by atoms with van der Waals surface area (Å²) in [4.78, 5) is 9.17. The van der Waals surface area contributed by atoms with Crippen LogP contribution in [0.25, 0.3) is 0 Å². The lowest BCUT2D eigenvalue weighted by Crippen LogP contribution is -2.19. The average molecular weight is 306 g/mol. The highest BCUT2D eigenvalue weighted by molar-refractivity contribution is 7.09. The summed E-state index contributed by atoms with van der Waals surface area (Å²) in [6.07, 6.45) is 4.00. The zero-order valence-corrected chi connectivity index (χ0v) is 14.5. The molecule has 0 amide bonds. The Kier molecular flexibility index (Phi) is 5.17. The Balaban J connectivity index is 1.91. The first-order valence-corrected chi connectivity index (χ1v) is 8.39. The van der Waals surface area contributed by atoms with Crippen molar-refractivity contribution in [1.29, 1.82) is 0 Å². The number of imidazole rings is 1. The molecule has 0 spiro atoms. The molecule has 0 saturated carbocycles. The van der Waals surface area contributed by atoms with Gasteiger partial charge in [0, 0.05) is 23.5 Å². The topological polar surface area (TPSA) is 42.7 Å². The van der Waals surface area contributed by atoms with Crippen molar-refractivity contribution < 1.29 is 0 Å². The lowest BCUT2D eigenvalue weighted by Gasteiger charge is -2.14. The molecule has 0 fully saturated rings. The van der Waals surface area contributed by atoms with Gasteiger partial charge < -0.3 is 9.88 Å². The first kappa shape index (κ1) is 16.2. The Morgan fingerprint density at radius 3 is 2.71 bits per heavy atom. The minimum atomic E-state index is 0.121. The summed E-state index contributed by atoms with van der Waals surface area (Å²) in [6.45, 7) is 13.7. The van der Waals surface area contributed by atoms with Crippen LogP contribution in [-0.4, -0.2) is 21.1 Å². The molecule has 2 rings (SSSR count). The lowest BCUT2D eigenvalue weighted by molar-refractivity contribution is 0.548. The Morgan fingerprint density at radius 2 is 2.10 bits per heavy atom. The van der Waals surface area contributed by atoms with E-state index in [0.29, 0.717) is 5.92 Å². The first-order valence-electron chi connectivity index (χ1n) is 7.51. The molecular weight excluding hydrogens is 280 g/mol. The third-order valence-corrected chi connectivity index (χ3v) is 4.02. The third kappa shape index (κ3) is 4.93. The smallest absolute Gasteiger partial charge is 0.113 e. The van der Waals surface area contributed by atoms with Crippen molar-refractivity contribution in [3.8, 4) is 0 Å². The zero-order chi connectivity index (χ0) is 15.5. The third-order valence-electron chi connectivity index (χ3n) is 3.18. The molecule has 0 aliphatic carbocycles. The number of thiazole rings is 1. The Labute approximate surface area is 131 Å². The maximum Gasteiger partial charge on any atom is 0.113 e. The summed E-state index contributed by atoms with van der Waals surface area (Å²) in [6, 6.07) is 0. The molecule has 0 atom stereocenters. The lowest BCUT2D eigenvalue weighted by atomic mass is 9.93. The average Bonchev–Trinajstić information content (AvgIpc) is 2.98. The first-order chi connectivity index (χ1) is 9.84. The molecule has 0 radical (unpaired) electrons. The van der Waals surface area contributed by atoms with Gasteiger partial charge in [-0.05, 0) is 12.5 Å². The van der Waals surface area contributed by atoms with Crippen molar-refractivity contribution in [3.63, 3.8) is 0 Å². The van der Waals surface area contributed by atoms with E-state index in [9.17, 15) is 0 Å². The highest BCUT2D eigenvalue weighted by Gasteiger charge is 2.17. The number of hydrogen-bond acceptors (Lipinski definition) is 4. The van der Waals surface area contributed by atoms with Gasteiger partial charge in [0.25, 0.3) is 0 Å². The molecule has 21 heavy (non-hydrogen) atoms. The fraction of sp³-hybridized carbons (Fsp3) is 0.625. The van der Waals surface area contributed by atoms with Crippen LogP contribution >= 0.6 is 11.3 Å². The van der Waals surface area contributed by atoms with Crippen LogP contribution in [0.4, 0.5) is 0 Å². The fourth-order valence-electron chi connectivity index (χ4n) is 1.96. The highest BCUT2D eigenvalue weighted by Crippen LogP contribution is 2.24. The standard InChI is InChI=1S/C16H26N4S/c1-12(2)6-17-7-13-8-20(11-18-13)9-15-19-14(10-21-15)16(3,4)5/h8,10-12,17H,6-7,9H2,1-5H3. The summed E-state index contributed by atoms with van der Waals surface area (Å²) in [5.41, 5.74) is 2.37. The molecule has 116 valence electrons. The number of aromatic nitrogens is 3. The van der Waals surface area contributed by atoms with Gasteiger partial charge in [-0.1, -0.05) is 34.6 Å². The monoisotopic (exact) mass is 306 g/mol. The van der Waals surface area contributed by atoms with Crippen molar-refractivity contribution in [1.82, 2.24) is 19.9 Å². The van der Waals surface area contributed by atoms with Gasteiger partial charge in [0.15, 0.2) is 0 Å². The van der Waals surface area contributed by atoms with Crippen LogP contribution in [0, 0.1) is 5.92 Å². The summed E-state index contributed by atoms with van der Waals surface area (Å²) in [7, 11) is 0. The Hall–Kier alpha value is -1.20. The number of nitrogens with one attached hydrogen (secondary N) is 1. The summed E-state index contributed by atoms with van der Waals surface area (Å²) < 4.78 is 2.11. The van der Waals surface area contributed by atoms with Crippen LogP contribution in [0.3, 0.4) is 0 Å². The Bertz CT molecular complexity index is 563. The second-order valence-electron chi connectivity index (χ2n) is 6.94. The van der Waals surface area contributed by atoms with Gasteiger partial charge in [0.05, 0.1) is 24.3 Å². The molecule has 0 unspecified atom stereocenters. The molecular formula is C16H26N4S. The molecule has 2 aromatic heterocycles. The quantitative estimate of drug-likeness (QED) is 0.889. The normalized spacial score (nSPS) is 12.3. The molecule has 4 nitrogen and oxygen atoms in total. The largest absolute Gasteiger partial charge is 0.330 e. The number of nitrogens with zero attached hydrogens (tertiary/aromatic N) is 3. The molecule has 0 aliphatic rings. The Morgan fingerprint density at radius 1 is 1.33 bits per heavy atom. The van der Waals surface area contributed by atoms with E-state index in [1.165, 1.54) is 5.69 Å². The van der Waals surface area contributed by atoms with Gasteiger partial charge in [-0.15, -0.1) is 11.3 Å². The fourth-order valence-corrected chi connectivity index (χ4v) is 2.99. The van der Waals surface area contributed by atoms with E-state index in [1.807, 2.05) is 6.33 Å². The van der Waals surface area contributed by atoms with E-state index < -0.39 is 0 Å². The molecule has 0 aliphatic heterocycles. The van der Waals surface area contributed by atoms with Crippen molar-refractivity contribution in [2.45, 2.75) is 53.1 Å². The van der Waals surface area contributed by atoms with Crippen LogP contribution in [0.15, 0.2) is 17.9 Å². The molecule has 0 bridgehead atoms. The van der Waals surface area contributed by atoms with Gasteiger partial charge in [-0.2, -0.15) is 0 Å². The van der Waals surface area contributed by atoms with Gasteiger partial charge >= 0.3 is 0 Å². The molecule has 2 heterocycles. The maximum atomic E-state index is 4.73. The molecule has 5 heteroatoms. The SMILES string of the molecule is CC(C)CNCc1cn(Cc2nc(C(C)(C)C)cs2)cn1. The van der Waals surface area contributed by atoms with Crippen LogP contribution < -0.4 is 5.32 Å². The second-order valence-corrected chi connectivity index (χ2v) is 7.88. The van der Waals surface area contributed by atoms with Gasteiger partial charge in [-0.25, -0.2) is 9.97 Å². The number of rotatable bonds is 6. The van der Waals surface area contributed by atoms with E-state index in [0.717, 1.165) is 30.3 Å². The van der Waals surface area contributed by atoms with Crippen LogP contribution in [-0.2, 0) is 18.5 Å². The van der Waals surface area contributed by atoms with Crippen molar-refractivity contribution >= 4 is 11.3 Å². The van der Waals surface area contributed by atoms with Crippen LogP contribution in [0.2, 0.25) is 0 Å². The van der Waals surface area contributed by atoms with Gasteiger partial charge in [-0.3, -0.25) is 0 Å². The molecule has 2 aromatic rings. The summed E-state index contributed by atoms with van der Waals surface area (Å²) >= 11 is 1.73. The predicted molar refractivity (Wildman–Crippen MR) is 88.7 cm³/mol. The highest BCUT2D eigenvalue weighted by atomic mass is 32.1.